The van der Waals surface area contributed by atoms with Gasteiger partial charge in [0.1, 0.15) is 17.3 Å². The lowest BCUT2D eigenvalue weighted by Crippen LogP contribution is -2.21. The Kier molecular flexibility index (Phi) is 4.23. The summed E-state index contributed by atoms with van der Waals surface area (Å²) in [6, 6.07) is 4.13. The molecular weight excluding hydrogens is 327 g/mol. The summed E-state index contributed by atoms with van der Waals surface area (Å²) in [4.78, 5) is 11.9. The topological polar surface area (TPSA) is 44.1 Å². The van der Waals surface area contributed by atoms with Crippen molar-refractivity contribution in [2.75, 3.05) is 0 Å². The molecule has 0 atom stereocenters. The monoisotopic (exact) mass is 340 g/mol. The summed E-state index contributed by atoms with van der Waals surface area (Å²) in [7, 11) is 0. The fraction of sp³-hybridized carbons (Fsp3) is 0.286. The van der Waals surface area contributed by atoms with Gasteiger partial charge in [-0.2, -0.15) is 9.78 Å². The van der Waals surface area contributed by atoms with Crippen LogP contribution in [0.25, 0.3) is 5.69 Å². The summed E-state index contributed by atoms with van der Waals surface area (Å²) < 4.78 is 21.1. The zero-order valence-electron chi connectivity index (χ0n) is 11.4. The molecule has 0 aliphatic rings. The van der Waals surface area contributed by atoms with Crippen LogP contribution in [0.15, 0.2) is 33.7 Å². The number of aromatic nitrogens is 2. The lowest BCUT2D eigenvalue weighted by atomic mass is 10.2. The SMILES string of the molecule is Cc1cnn(-c2cc(OC(C)C)c(Br)cc2F)c(=O)c1. The first kappa shape index (κ1) is 14.7. The molecule has 1 heterocycles. The van der Waals surface area contributed by atoms with Gasteiger partial charge in [-0.05, 0) is 48.3 Å². The molecule has 0 saturated carbocycles. The van der Waals surface area contributed by atoms with Gasteiger partial charge in [-0.3, -0.25) is 4.79 Å². The van der Waals surface area contributed by atoms with E-state index in [1.807, 2.05) is 13.8 Å². The highest BCUT2D eigenvalue weighted by atomic mass is 79.9. The fourth-order valence-electron chi connectivity index (χ4n) is 1.70. The largest absolute Gasteiger partial charge is 0.490 e. The van der Waals surface area contributed by atoms with Crippen molar-refractivity contribution in [3.05, 3.63) is 50.6 Å². The molecule has 1 aromatic carbocycles. The zero-order valence-corrected chi connectivity index (χ0v) is 12.9. The minimum Gasteiger partial charge on any atom is -0.490 e. The number of hydrogen-bond acceptors (Lipinski definition) is 3. The molecular formula is C14H14BrFN2O2. The van der Waals surface area contributed by atoms with Crippen molar-refractivity contribution in [2.45, 2.75) is 26.9 Å². The van der Waals surface area contributed by atoms with Gasteiger partial charge in [0.15, 0.2) is 0 Å². The van der Waals surface area contributed by atoms with E-state index in [0.29, 0.717) is 10.2 Å². The summed E-state index contributed by atoms with van der Waals surface area (Å²) in [5.74, 6) is -0.0860. The van der Waals surface area contributed by atoms with Crippen LogP contribution in [0.4, 0.5) is 4.39 Å². The van der Waals surface area contributed by atoms with Crippen LogP contribution in [0, 0.1) is 12.7 Å². The smallest absolute Gasteiger partial charge is 0.271 e. The summed E-state index contributed by atoms with van der Waals surface area (Å²) in [5.41, 5.74) is 0.401. The predicted octanol–water partition coefficient (Wildman–Crippen LogP) is 3.23. The van der Waals surface area contributed by atoms with Crippen molar-refractivity contribution in [2.24, 2.45) is 0 Å². The van der Waals surface area contributed by atoms with Crippen molar-refractivity contribution >= 4 is 15.9 Å². The van der Waals surface area contributed by atoms with E-state index in [9.17, 15) is 9.18 Å². The Morgan fingerprint density at radius 1 is 1.35 bits per heavy atom. The van der Waals surface area contributed by atoms with E-state index in [4.69, 9.17) is 4.74 Å². The molecule has 0 amide bonds. The first-order valence-corrected chi connectivity index (χ1v) is 6.90. The normalized spacial score (nSPS) is 10.9. The van der Waals surface area contributed by atoms with E-state index in [1.165, 1.54) is 24.4 Å². The molecule has 106 valence electrons. The summed E-state index contributed by atoms with van der Waals surface area (Å²) in [6.07, 6.45) is 1.44. The van der Waals surface area contributed by atoms with Crippen LogP contribution in [0.5, 0.6) is 5.75 Å². The predicted molar refractivity (Wildman–Crippen MR) is 78.0 cm³/mol. The van der Waals surface area contributed by atoms with Gasteiger partial charge in [0, 0.05) is 12.1 Å². The second-order valence-electron chi connectivity index (χ2n) is 4.68. The Morgan fingerprint density at radius 2 is 2.05 bits per heavy atom. The third kappa shape index (κ3) is 3.07. The number of aryl methyl sites for hydroxylation is 1. The lowest BCUT2D eigenvalue weighted by molar-refractivity contribution is 0.240. The molecule has 0 N–H and O–H groups in total. The van der Waals surface area contributed by atoms with Crippen LogP contribution in [-0.4, -0.2) is 15.9 Å². The first-order valence-electron chi connectivity index (χ1n) is 6.10. The molecule has 4 nitrogen and oxygen atoms in total. The fourth-order valence-corrected chi connectivity index (χ4v) is 2.11. The number of nitrogens with zero attached hydrogens (tertiary/aromatic N) is 2. The van der Waals surface area contributed by atoms with Gasteiger partial charge in [0.25, 0.3) is 5.56 Å². The molecule has 2 rings (SSSR count). The van der Waals surface area contributed by atoms with E-state index in [-0.39, 0.29) is 17.4 Å². The molecule has 0 spiro atoms. The van der Waals surface area contributed by atoms with Crippen LogP contribution in [0.2, 0.25) is 0 Å². The third-order valence-corrected chi connectivity index (χ3v) is 3.15. The number of hydrogen-bond donors (Lipinski definition) is 0. The Balaban J connectivity index is 2.58. The second-order valence-corrected chi connectivity index (χ2v) is 5.54. The highest BCUT2D eigenvalue weighted by molar-refractivity contribution is 9.10. The highest BCUT2D eigenvalue weighted by Gasteiger charge is 2.14. The number of benzene rings is 1. The Morgan fingerprint density at radius 3 is 2.65 bits per heavy atom. The van der Waals surface area contributed by atoms with Crippen molar-refractivity contribution in [1.29, 1.82) is 0 Å². The van der Waals surface area contributed by atoms with Crippen molar-refractivity contribution in [1.82, 2.24) is 9.78 Å². The van der Waals surface area contributed by atoms with Crippen molar-refractivity contribution in [3.63, 3.8) is 0 Å². The van der Waals surface area contributed by atoms with Gasteiger partial charge in [0.2, 0.25) is 0 Å². The number of ether oxygens (including phenoxy) is 1. The highest BCUT2D eigenvalue weighted by Crippen LogP contribution is 2.30. The molecule has 1 aromatic heterocycles. The van der Waals surface area contributed by atoms with Crippen LogP contribution in [0.1, 0.15) is 19.4 Å². The average molecular weight is 341 g/mol. The molecule has 0 unspecified atom stereocenters. The number of halogens is 2. The van der Waals surface area contributed by atoms with Gasteiger partial charge >= 0.3 is 0 Å². The van der Waals surface area contributed by atoms with Gasteiger partial charge in [-0.15, -0.1) is 0 Å². The standard InChI is InChI=1S/C14H14BrFN2O2/c1-8(2)20-13-6-12(11(16)5-10(13)15)18-14(19)4-9(3)7-17-18/h4-8H,1-3H3. The maximum absolute atomic E-state index is 14.0. The quantitative estimate of drug-likeness (QED) is 0.861. The maximum Gasteiger partial charge on any atom is 0.271 e. The average Bonchev–Trinajstić information content (AvgIpc) is 2.33. The van der Waals surface area contributed by atoms with Crippen LogP contribution >= 0.6 is 15.9 Å². The summed E-state index contributed by atoms with van der Waals surface area (Å²) >= 11 is 3.24. The van der Waals surface area contributed by atoms with Gasteiger partial charge in [0.05, 0.1) is 16.8 Å². The van der Waals surface area contributed by atoms with Crippen LogP contribution < -0.4 is 10.3 Å². The molecule has 0 aliphatic carbocycles. The summed E-state index contributed by atoms with van der Waals surface area (Å²) in [5, 5.41) is 3.95. The molecule has 6 heteroatoms. The van der Waals surface area contributed by atoms with Crippen LogP contribution in [0.3, 0.4) is 0 Å². The van der Waals surface area contributed by atoms with Gasteiger partial charge in [-0.25, -0.2) is 4.39 Å². The number of rotatable bonds is 3. The van der Waals surface area contributed by atoms with E-state index in [1.54, 1.807) is 6.92 Å². The molecule has 0 radical (unpaired) electrons. The molecule has 0 saturated heterocycles. The molecule has 0 aliphatic heterocycles. The molecule has 0 fully saturated rings. The molecule has 2 aromatic rings. The lowest BCUT2D eigenvalue weighted by Gasteiger charge is -2.14. The second kappa shape index (κ2) is 5.75. The van der Waals surface area contributed by atoms with E-state index < -0.39 is 5.82 Å². The minimum atomic E-state index is -0.550. The Labute approximate surface area is 124 Å². The Bertz CT molecular complexity index is 698. The minimum absolute atomic E-state index is 0.0627. The maximum atomic E-state index is 14.0. The third-order valence-electron chi connectivity index (χ3n) is 2.53. The van der Waals surface area contributed by atoms with Gasteiger partial charge < -0.3 is 4.74 Å². The zero-order chi connectivity index (χ0) is 14.9. The first-order chi connectivity index (χ1) is 9.38. The van der Waals surface area contributed by atoms with Gasteiger partial charge in [-0.1, -0.05) is 0 Å². The molecule has 20 heavy (non-hydrogen) atoms. The van der Waals surface area contributed by atoms with E-state index in [2.05, 4.69) is 21.0 Å². The van der Waals surface area contributed by atoms with E-state index >= 15 is 0 Å². The van der Waals surface area contributed by atoms with Crippen molar-refractivity contribution in [3.8, 4) is 11.4 Å². The van der Waals surface area contributed by atoms with Crippen LogP contribution in [-0.2, 0) is 0 Å². The Hall–Kier alpha value is -1.69. The van der Waals surface area contributed by atoms with Crippen molar-refractivity contribution < 1.29 is 9.13 Å². The van der Waals surface area contributed by atoms with E-state index in [0.717, 1.165) is 10.2 Å². The molecule has 0 bridgehead atoms. The summed E-state index contributed by atoms with van der Waals surface area (Å²) in [6.45, 7) is 5.49.